The third-order valence-electron chi connectivity index (χ3n) is 1.72. The molecule has 0 amide bonds. The molecule has 0 radical (unpaired) electrons. The SMILES string of the molecule is CCOC(OCC)C(C(=O)O)C(=O)C(F)F. The molecule has 0 saturated carbocycles. The predicted octanol–water partition coefficient (Wildman–Crippen LogP) is 0.920. The number of hydrogen-bond acceptors (Lipinski definition) is 4. The van der Waals surface area contributed by atoms with Crippen molar-refractivity contribution in [2.75, 3.05) is 13.2 Å². The van der Waals surface area contributed by atoms with Gasteiger partial charge in [-0.3, -0.25) is 9.59 Å². The normalized spacial score (nSPS) is 13.1. The van der Waals surface area contributed by atoms with E-state index in [9.17, 15) is 18.4 Å². The number of carbonyl (C=O) groups excluding carboxylic acids is 1. The molecule has 0 saturated heterocycles. The maximum atomic E-state index is 12.2. The number of aliphatic carboxylic acids is 1. The summed E-state index contributed by atoms with van der Waals surface area (Å²) in [5.41, 5.74) is 0. The van der Waals surface area contributed by atoms with E-state index >= 15 is 0 Å². The van der Waals surface area contributed by atoms with Crippen LogP contribution in [0.15, 0.2) is 0 Å². The molecule has 1 atom stereocenters. The highest BCUT2D eigenvalue weighted by molar-refractivity contribution is 6.00. The van der Waals surface area contributed by atoms with Gasteiger partial charge in [-0.1, -0.05) is 0 Å². The first-order valence-corrected chi connectivity index (χ1v) is 4.73. The van der Waals surface area contributed by atoms with Gasteiger partial charge in [0, 0.05) is 13.2 Å². The molecule has 0 aromatic rings. The lowest BCUT2D eigenvalue weighted by Crippen LogP contribution is -2.41. The molecule has 0 spiro atoms. The average molecular weight is 240 g/mol. The first-order chi connectivity index (χ1) is 7.45. The van der Waals surface area contributed by atoms with Crippen molar-refractivity contribution in [3.8, 4) is 0 Å². The molecule has 16 heavy (non-hydrogen) atoms. The van der Waals surface area contributed by atoms with Crippen LogP contribution in [0.25, 0.3) is 0 Å². The third-order valence-corrected chi connectivity index (χ3v) is 1.72. The number of carboxylic acid groups (broad SMARTS) is 1. The van der Waals surface area contributed by atoms with E-state index in [0.29, 0.717) is 0 Å². The van der Waals surface area contributed by atoms with Crippen LogP contribution >= 0.6 is 0 Å². The molecular weight excluding hydrogens is 226 g/mol. The van der Waals surface area contributed by atoms with Gasteiger partial charge in [-0.25, -0.2) is 8.78 Å². The fraction of sp³-hybridized carbons (Fsp3) is 0.778. The summed E-state index contributed by atoms with van der Waals surface area (Å²) in [4.78, 5) is 21.7. The smallest absolute Gasteiger partial charge is 0.319 e. The van der Waals surface area contributed by atoms with Crippen LogP contribution in [-0.4, -0.2) is 42.8 Å². The van der Waals surface area contributed by atoms with E-state index in [2.05, 4.69) is 0 Å². The van der Waals surface area contributed by atoms with Crippen molar-refractivity contribution in [1.29, 1.82) is 0 Å². The molecule has 0 fully saturated rings. The Morgan fingerprint density at radius 2 is 1.62 bits per heavy atom. The Morgan fingerprint density at radius 1 is 1.19 bits per heavy atom. The first-order valence-electron chi connectivity index (χ1n) is 4.73. The summed E-state index contributed by atoms with van der Waals surface area (Å²) in [6.07, 6.45) is -4.83. The molecule has 0 aromatic carbocycles. The number of ether oxygens (including phenoxy) is 2. The lowest BCUT2D eigenvalue weighted by atomic mass is 10.0. The van der Waals surface area contributed by atoms with Crippen molar-refractivity contribution in [1.82, 2.24) is 0 Å². The van der Waals surface area contributed by atoms with Crippen molar-refractivity contribution in [3.63, 3.8) is 0 Å². The molecule has 0 aliphatic carbocycles. The zero-order valence-corrected chi connectivity index (χ0v) is 8.98. The molecule has 5 nitrogen and oxygen atoms in total. The Bertz CT molecular complexity index is 238. The Balaban J connectivity index is 4.83. The van der Waals surface area contributed by atoms with Gasteiger partial charge in [-0.05, 0) is 13.8 Å². The summed E-state index contributed by atoms with van der Waals surface area (Å²) in [7, 11) is 0. The molecule has 0 heterocycles. The van der Waals surface area contributed by atoms with Crippen molar-refractivity contribution in [3.05, 3.63) is 0 Å². The monoisotopic (exact) mass is 240 g/mol. The van der Waals surface area contributed by atoms with Crippen LogP contribution in [0.3, 0.4) is 0 Å². The fourth-order valence-electron chi connectivity index (χ4n) is 1.08. The van der Waals surface area contributed by atoms with E-state index in [1.807, 2.05) is 0 Å². The van der Waals surface area contributed by atoms with Gasteiger partial charge in [0.15, 0.2) is 12.2 Å². The second kappa shape index (κ2) is 7.24. The van der Waals surface area contributed by atoms with E-state index in [-0.39, 0.29) is 13.2 Å². The Kier molecular flexibility index (Phi) is 6.75. The van der Waals surface area contributed by atoms with Crippen molar-refractivity contribution in [2.45, 2.75) is 26.6 Å². The van der Waals surface area contributed by atoms with Gasteiger partial charge in [-0.15, -0.1) is 0 Å². The number of hydrogen-bond donors (Lipinski definition) is 1. The fourth-order valence-corrected chi connectivity index (χ4v) is 1.08. The molecular formula is C9H14F2O5. The highest BCUT2D eigenvalue weighted by Crippen LogP contribution is 2.16. The number of ketones is 1. The predicted molar refractivity (Wildman–Crippen MR) is 49.2 cm³/mol. The van der Waals surface area contributed by atoms with Crippen LogP contribution in [0.2, 0.25) is 0 Å². The van der Waals surface area contributed by atoms with Crippen molar-refractivity contribution in [2.24, 2.45) is 5.92 Å². The number of carbonyl (C=O) groups is 2. The summed E-state index contributed by atoms with van der Waals surface area (Å²) in [6.45, 7) is 3.20. The van der Waals surface area contributed by atoms with Crippen LogP contribution in [0.1, 0.15) is 13.8 Å². The summed E-state index contributed by atoms with van der Waals surface area (Å²) in [5, 5.41) is 8.70. The highest BCUT2D eigenvalue weighted by Gasteiger charge is 2.40. The summed E-state index contributed by atoms with van der Waals surface area (Å²) < 4.78 is 34.0. The largest absolute Gasteiger partial charge is 0.481 e. The summed E-state index contributed by atoms with van der Waals surface area (Å²) in [6, 6.07) is 0. The standard InChI is InChI=1S/C9H14F2O5/c1-3-15-9(16-4-2)5(8(13)14)6(12)7(10)11/h5,7,9H,3-4H2,1-2H3,(H,13,14). The van der Waals surface area contributed by atoms with Crippen molar-refractivity contribution < 1.29 is 33.0 Å². The quantitative estimate of drug-likeness (QED) is 0.504. The van der Waals surface area contributed by atoms with E-state index in [4.69, 9.17) is 14.6 Å². The van der Waals surface area contributed by atoms with Crippen LogP contribution in [0, 0.1) is 5.92 Å². The lowest BCUT2D eigenvalue weighted by molar-refractivity contribution is -0.191. The van der Waals surface area contributed by atoms with Crippen LogP contribution in [-0.2, 0) is 19.1 Å². The minimum atomic E-state index is -3.36. The Hall–Kier alpha value is -1.08. The van der Waals surface area contributed by atoms with Gasteiger partial charge in [0.05, 0.1) is 0 Å². The molecule has 0 bridgehead atoms. The Labute approximate surface area is 91.3 Å². The number of halogens is 2. The molecule has 0 rings (SSSR count). The molecule has 1 N–H and O–H groups in total. The first kappa shape index (κ1) is 14.9. The van der Waals surface area contributed by atoms with E-state index in [1.165, 1.54) is 13.8 Å². The minimum absolute atomic E-state index is 0.0605. The maximum absolute atomic E-state index is 12.2. The number of rotatable bonds is 8. The second-order valence-electron chi connectivity index (χ2n) is 2.80. The van der Waals surface area contributed by atoms with E-state index in [1.54, 1.807) is 0 Å². The zero-order chi connectivity index (χ0) is 12.7. The van der Waals surface area contributed by atoms with Gasteiger partial charge in [0.25, 0.3) is 6.43 Å². The molecule has 1 unspecified atom stereocenters. The van der Waals surface area contributed by atoms with Gasteiger partial charge in [-0.2, -0.15) is 0 Å². The Morgan fingerprint density at radius 3 is 1.88 bits per heavy atom. The summed E-state index contributed by atoms with van der Waals surface area (Å²) >= 11 is 0. The van der Waals surface area contributed by atoms with E-state index in [0.717, 1.165) is 0 Å². The van der Waals surface area contributed by atoms with Crippen molar-refractivity contribution >= 4 is 11.8 Å². The molecule has 7 heteroatoms. The number of alkyl halides is 2. The van der Waals surface area contributed by atoms with Crippen LogP contribution in [0.4, 0.5) is 8.78 Å². The molecule has 0 aliphatic heterocycles. The van der Waals surface area contributed by atoms with Gasteiger partial charge < -0.3 is 14.6 Å². The van der Waals surface area contributed by atoms with Gasteiger partial charge in [0.2, 0.25) is 5.78 Å². The summed E-state index contributed by atoms with van der Waals surface area (Å²) in [5.74, 6) is -5.39. The topological polar surface area (TPSA) is 72.8 Å². The average Bonchev–Trinajstić information content (AvgIpc) is 2.17. The number of Topliss-reactive ketones (excluding diaryl/α,β-unsaturated/α-hetero) is 1. The lowest BCUT2D eigenvalue weighted by Gasteiger charge is -2.22. The van der Waals surface area contributed by atoms with Gasteiger partial charge in [0.1, 0.15) is 0 Å². The highest BCUT2D eigenvalue weighted by atomic mass is 19.3. The van der Waals surface area contributed by atoms with Gasteiger partial charge >= 0.3 is 5.97 Å². The molecule has 0 aliphatic rings. The van der Waals surface area contributed by atoms with Crippen LogP contribution < -0.4 is 0 Å². The third kappa shape index (κ3) is 4.19. The maximum Gasteiger partial charge on any atom is 0.319 e. The van der Waals surface area contributed by atoms with Crippen LogP contribution in [0.5, 0.6) is 0 Å². The van der Waals surface area contributed by atoms with E-state index < -0.39 is 30.4 Å². The molecule has 94 valence electrons. The second-order valence-corrected chi connectivity index (χ2v) is 2.80. The minimum Gasteiger partial charge on any atom is -0.481 e. The zero-order valence-electron chi connectivity index (χ0n) is 8.98. The molecule has 0 aromatic heterocycles. The number of carboxylic acids is 1.